The molecule has 1 heterocycles. The molecule has 1 aromatic carbocycles. The van der Waals surface area contributed by atoms with Crippen molar-refractivity contribution in [2.75, 3.05) is 0 Å². The molecule has 1 aromatic heterocycles. The normalized spacial score (nSPS) is 11.1. The molecule has 2 rings (SSSR count). The van der Waals surface area contributed by atoms with Crippen LogP contribution < -0.4 is 0 Å². The highest BCUT2D eigenvalue weighted by Crippen LogP contribution is 2.28. The Morgan fingerprint density at radius 1 is 1.33 bits per heavy atom. The summed E-state index contributed by atoms with van der Waals surface area (Å²) in [6.45, 7) is 3.93. The van der Waals surface area contributed by atoms with Crippen molar-refractivity contribution in [3.63, 3.8) is 0 Å². The zero-order valence-corrected chi connectivity index (χ0v) is 11.8. The maximum atomic E-state index is 13.9. The summed E-state index contributed by atoms with van der Waals surface area (Å²) in [7, 11) is 0. The van der Waals surface area contributed by atoms with Crippen LogP contribution >= 0.6 is 0 Å². The molecule has 0 unspecified atom stereocenters. The first-order chi connectivity index (χ1) is 9.97. The van der Waals surface area contributed by atoms with Gasteiger partial charge in [-0.3, -0.25) is 4.68 Å². The van der Waals surface area contributed by atoms with Gasteiger partial charge in [0, 0.05) is 17.8 Å². The number of rotatable bonds is 5. The van der Waals surface area contributed by atoms with Crippen molar-refractivity contribution in [3.05, 3.63) is 41.6 Å². The van der Waals surface area contributed by atoms with Gasteiger partial charge in [-0.15, -0.1) is 0 Å². The molecular formula is C15H16F2N2O2. The quantitative estimate of drug-likeness (QED) is 0.910. The Bertz CT molecular complexity index is 664. The molecule has 0 amide bonds. The number of carbonyl (C=O) groups is 1. The van der Waals surface area contributed by atoms with E-state index in [4.69, 9.17) is 0 Å². The maximum absolute atomic E-state index is 13.9. The second kappa shape index (κ2) is 6.03. The van der Waals surface area contributed by atoms with Crippen LogP contribution in [0.1, 0.15) is 43.1 Å². The van der Waals surface area contributed by atoms with E-state index in [1.807, 2.05) is 13.8 Å². The predicted molar refractivity (Wildman–Crippen MR) is 74.2 cm³/mol. The summed E-state index contributed by atoms with van der Waals surface area (Å²) in [5, 5.41) is 13.5. The highest BCUT2D eigenvalue weighted by molar-refractivity contribution is 5.94. The van der Waals surface area contributed by atoms with Crippen molar-refractivity contribution in [1.29, 1.82) is 0 Å². The fraction of sp³-hybridized carbons (Fsp3) is 0.333. The molecule has 4 nitrogen and oxygen atoms in total. The van der Waals surface area contributed by atoms with Crippen LogP contribution in [0.4, 0.5) is 8.78 Å². The Balaban J connectivity index is 2.58. The van der Waals surface area contributed by atoms with Gasteiger partial charge in [-0.2, -0.15) is 5.10 Å². The second-order valence-electron chi connectivity index (χ2n) is 4.77. The highest BCUT2D eigenvalue weighted by atomic mass is 19.1. The van der Waals surface area contributed by atoms with E-state index in [0.29, 0.717) is 0 Å². The zero-order chi connectivity index (χ0) is 15.6. The lowest BCUT2D eigenvalue weighted by Gasteiger charge is -2.12. The third kappa shape index (κ3) is 2.94. The molecule has 1 N–H and O–H groups in total. The number of halogens is 2. The SMILES string of the molecule is CCC(CC)n1cc(C(=O)O)c(-c2ccc(F)cc2F)n1. The van der Waals surface area contributed by atoms with Crippen molar-refractivity contribution < 1.29 is 18.7 Å². The van der Waals surface area contributed by atoms with Crippen LogP contribution in [-0.4, -0.2) is 20.9 Å². The van der Waals surface area contributed by atoms with E-state index in [2.05, 4.69) is 5.10 Å². The minimum absolute atomic E-state index is 0.0153. The van der Waals surface area contributed by atoms with Gasteiger partial charge in [0.25, 0.3) is 0 Å². The number of nitrogens with zero attached hydrogens (tertiary/aromatic N) is 2. The number of aromatic carboxylic acids is 1. The standard InChI is InChI=1S/C15H16F2N2O2/c1-3-10(4-2)19-8-12(15(20)21)14(18-19)11-6-5-9(16)7-13(11)17/h5-8,10H,3-4H2,1-2H3,(H,20,21). The van der Waals surface area contributed by atoms with Gasteiger partial charge in [0.1, 0.15) is 22.9 Å². The van der Waals surface area contributed by atoms with Crippen molar-refractivity contribution in [1.82, 2.24) is 9.78 Å². The second-order valence-corrected chi connectivity index (χ2v) is 4.77. The van der Waals surface area contributed by atoms with Crippen LogP contribution in [0.5, 0.6) is 0 Å². The van der Waals surface area contributed by atoms with Crippen molar-refractivity contribution in [3.8, 4) is 11.3 Å². The monoisotopic (exact) mass is 294 g/mol. The van der Waals surface area contributed by atoms with E-state index in [1.165, 1.54) is 12.3 Å². The summed E-state index contributed by atoms with van der Waals surface area (Å²) in [6, 6.07) is 3.05. The van der Waals surface area contributed by atoms with E-state index in [0.717, 1.165) is 25.0 Å². The fourth-order valence-electron chi connectivity index (χ4n) is 2.28. The Labute approximate surface area is 121 Å². The molecule has 0 fully saturated rings. The molecule has 0 radical (unpaired) electrons. The minimum atomic E-state index is -1.19. The van der Waals surface area contributed by atoms with Gasteiger partial charge in [0.05, 0.1) is 6.04 Å². The van der Waals surface area contributed by atoms with Crippen molar-refractivity contribution in [2.24, 2.45) is 0 Å². The highest BCUT2D eigenvalue weighted by Gasteiger charge is 2.22. The molecule has 0 atom stereocenters. The molecule has 0 aliphatic heterocycles. The summed E-state index contributed by atoms with van der Waals surface area (Å²) in [5.74, 6) is -2.73. The summed E-state index contributed by atoms with van der Waals surface area (Å²) in [6.07, 6.45) is 2.96. The Morgan fingerprint density at radius 2 is 2.00 bits per heavy atom. The summed E-state index contributed by atoms with van der Waals surface area (Å²) in [5.41, 5.74) is -0.0854. The first kappa shape index (κ1) is 15.2. The number of carboxylic acids is 1. The summed E-state index contributed by atoms with van der Waals surface area (Å²) in [4.78, 5) is 11.3. The molecule has 0 aliphatic carbocycles. The van der Waals surface area contributed by atoms with Crippen LogP contribution in [0.3, 0.4) is 0 Å². The van der Waals surface area contributed by atoms with Gasteiger partial charge in [-0.05, 0) is 25.0 Å². The minimum Gasteiger partial charge on any atom is -0.478 e. The van der Waals surface area contributed by atoms with Crippen molar-refractivity contribution >= 4 is 5.97 Å². The molecule has 6 heteroatoms. The maximum Gasteiger partial charge on any atom is 0.339 e. The van der Waals surface area contributed by atoms with Gasteiger partial charge >= 0.3 is 5.97 Å². The molecule has 0 saturated heterocycles. The molecule has 0 spiro atoms. The number of benzene rings is 1. The molecule has 0 aliphatic rings. The van der Waals surface area contributed by atoms with Crippen LogP contribution in [0.2, 0.25) is 0 Å². The first-order valence-electron chi connectivity index (χ1n) is 6.75. The fourth-order valence-corrected chi connectivity index (χ4v) is 2.28. The average molecular weight is 294 g/mol. The lowest BCUT2D eigenvalue weighted by molar-refractivity contribution is 0.0697. The van der Waals surface area contributed by atoms with E-state index < -0.39 is 17.6 Å². The lowest BCUT2D eigenvalue weighted by Crippen LogP contribution is -2.07. The number of carboxylic acid groups (broad SMARTS) is 1. The molecule has 0 bridgehead atoms. The predicted octanol–water partition coefficient (Wildman–Crippen LogP) is 3.89. The Hall–Kier alpha value is -2.24. The zero-order valence-electron chi connectivity index (χ0n) is 11.8. The average Bonchev–Trinajstić information content (AvgIpc) is 2.85. The van der Waals surface area contributed by atoms with Gasteiger partial charge < -0.3 is 5.11 Å². The first-order valence-corrected chi connectivity index (χ1v) is 6.75. The van der Waals surface area contributed by atoms with Gasteiger partial charge in [-0.25, -0.2) is 13.6 Å². The molecule has 21 heavy (non-hydrogen) atoms. The molecule has 112 valence electrons. The molecular weight excluding hydrogens is 278 g/mol. The van der Waals surface area contributed by atoms with E-state index in [1.54, 1.807) is 4.68 Å². The van der Waals surface area contributed by atoms with Crippen LogP contribution in [0.25, 0.3) is 11.3 Å². The van der Waals surface area contributed by atoms with Crippen molar-refractivity contribution in [2.45, 2.75) is 32.7 Å². The largest absolute Gasteiger partial charge is 0.478 e. The third-order valence-electron chi connectivity index (χ3n) is 3.47. The number of hydrogen-bond donors (Lipinski definition) is 1. The Morgan fingerprint density at radius 3 is 2.52 bits per heavy atom. The van der Waals surface area contributed by atoms with E-state index in [-0.39, 0.29) is 22.9 Å². The lowest BCUT2D eigenvalue weighted by atomic mass is 10.1. The number of aromatic nitrogens is 2. The van der Waals surface area contributed by atoms with E-state index in [9.17, 15) is 18.7 Å². The summed E-state index contributed by atoms with van der Waals surface area (Å²) >= 11 is 0. The molecule has 2 aromatic rings. The van der Waals surface area contributed by atoms with Crippen LogP contribution in [0.15, 0.2) is 24.4 Å². The number of hydrogen-bond acceptors (Lipinski definition) is 2. The van der Waals surface area contributed by atoms with E-state index >= 15 is 0 Å². The third-order valence-corrected chi connectivity index (χ3v) is 3.47. The Kier molecular flexibility index (Phi) is 4.35. The van der Waals surface area contributed by atoms with Gasteiger partial charge in [-0.1, -0.05) is 13.8 Å². The van der Waals surface area contributed by atoms with Crippen LogP contribution in [0, 0.1) is 11.6 Å². The van der Waals surface area contributed by atoms with Gasteiger partial charge in [0.2, 0.25) is 0 Å². The summed E-state index contributed by atoms with van der Waals surface area (Å²) < 4.78 is 28.4. The molecule has 0 saturated carbocycles. The smallest absolute Gasteiger partial charge is 0.339 e. The van der Waals surface area contributed by atoms with Crippen LogP contribution in [-0.2, 0) is 0 Å². The topological polar surface area (TPSA) is 55.1 Å². The van der Waals surface area contributed by atoms with Gasteiger partial charge in [0.15, 0.2) is 0 Å².